The normalized spacial score (nSPS) is 9.57. The molecule has 5 nitrogen and oxygen atoms in total. The monoisotopic (exact) mass is 195 g/mol. The van der Waals surface area contributed by atoms with Crippen molar-refractivity contribution < 1.29 is 19.6 Å². The highest BCUT2D eigenvalue weighted by atomic mass is 16.5. The Labute approximate surface area is 81.3 Å². The van der Waals surface area contributed by atoms with E-state index in [0.717, 1.165) is 0 Å². The van der Waals surface area contributed by atoms with Crippen LogP contribution in [-0.4, -0.2) is 23.3 Å². The molecule has 0 aromatic heterocycles. The summed E-state index contributed by atoms with van der Waals surface area (Å²) in [6, 6.07) is 6.51. The Balaban J connectivity index is 2.79. The molecule has 0 bridgehead atoms. The van der Waals surface area contributed by atoms with Crippen LogP contribution in [-0.2, 0) is 11.3 Å². The van der Waals surface area contributed by atoms with Gasteiger partial charge in [-0.3, -0.25) is 0 Å². The van der Waals surface area contributed by atoms with Gasteiger partial charge in [0.2, 0.25) is 0 Å². The zero-order chi connectivity index (χ0) is 10.6. The standard InChI is InChI=1S/C8H10BNO4/c10-8(11)14-5-6-3-1-2-4-7(6)9(12)13/h1-4,12-13H,5H2,(H2,10,11). The number of primary amides is 1. The molecule has 0 radical (unpaired) electrons. The Kier molecular flexibility index (Phi) is 3.50. The van der Waals surface area contributed by atoms with Crippen LogP contribution in [0.1, 0.15) is 5.56 Å². The van der Waals surface area contributed by atoms with Crippen LogP contribution in [0.3, 0.4) is 0 Å². The zero-order valence-corrected chi connectivity index (χ0v) is 7.38. The van der Waals surface area contributed by atoms with E-state index < -0.39 is 13.2 Å². The number of ether oxygens (including phenoxy) is 1. The molecule has 0 aliphatic carbocycles. The maximum atomic E-state index is 10.3. The van der Waals surface area contributed by atoms with Gasteiger partial charge in [0.15, 0.2) is 0 Å². The van der Waals surface area contributed by atoms with E-state index in [1.54, 1.807) is 18.2 Å². The van der Waals surface area contributed by atoms with E-state index in [0.29, 0.717) is 11.0 Å². The molecule has 0 unspecified atom stereocenters. The molecule has 0 heterocycles. The largest absolute Gasteiger partial charge is 0.488 e. The lowest BCUT2D eigenvalue weighted by Crippen LogP contribution is -2.33. The summed E-state index contributed by atoms with van der Waals surface area (Å²) in [5.41, 5.74) is 5.60. The van der Waals surface area contributed by atoms with Crippen LogP contribution < -0.4 is 11.2 Å². The number of benzene rings is 1. The van der Waals surface area contributed by atoms with Crippen molar-refractivity contribution in [2.45, 2.75) is 6.61 Å². The SMILES string of the molecule is NC(=O)OCc1ccccc1B(O)O. The predicted molar refractivity (Wildman–Crippen MR) is 50.6 cm³/mol. The Hall–Kier alpha value is -1.53. The lowest BCUT2D eigenvalue weighted by atomic mass is 9.77. The summed E-state index contributed by atoms with van der Waals surface area (Å²) in [5, 5.41) is 17.9. The summed E-state index contributed by atoms with van der Waals surface area (Å²) in [5.74, 6) is 0. The summed E-state index contributed by atoms with van der Waals surface area (Å²) in [7, 11) is -1.58. The molecule has 0 fully saturated rings. The molecule has 14 heavy (non-hydrogen) atoms. The number of rotatable bonds is 3. The quantitative estimate of drug-likeness (QED) is 0.537. The average molecular weight is 195 g/mol. The summed E-state index contributed by atoms with van der Waals surface area (Å²) < 4.78 is 4.54. The van der Waals surface area contributed by atoms with Crippen molar-refractivity contribution in [3.63, 3.8) is 0 Å². The van der Waals surface area contributed by atoms with Gasteiger partial charge in [0.25, 0.3) is 0 Å². The van der Waals surface area contributed by atoms with Gasteiger partial charge in [0.1, 0.15) is 6.61 Å². The molecular weight excluding hydrogens is 185 g/mol. The lowest BCUT2D eigenvalue weighted by molar-refractivity contribution is 0.150. The van der Waals surface area contributed by atoms with Crippen LogP contribution in [0.5, 0.6) is 0 Å². The van der Waals surface area contributed by atoms with E-state index >= 15 is 0 Å². The van der Waals surface area contributed by atoms with Crippen molar-refractivity contribution in [3.05, 3.63) is 29.8 Å². The molecule has 0 aliphatic rings. The predicted octanol–water partition coefficient (Wildman–Crippen LogP) is -1.04. The van der Waals surface area contributed by atoms with Crippen LogP contribution in [0.15, 0.2) is 24.3 Å². The molecule has 6 heteroatoms. The second-order valence-corrected chi connectivity index (χ2v) is 2.68. The molecule has 4 N–H and O–H groups in total. The second kappa shape index (κ2) is 4.64. The average Bonchev–Trinajstić information content (AvgIpc) is 2.15. The number of amides is 1. The first-order valence-corrected chi connectivity index (χ1v) is 3.97. The van der Waals surface area contributed by atoms with Gasteiger partial charge in [-0.15, -0.1) is 0 Å². The van der Waals surface area contributed by atoms with Gasteiger partial charge in [-0.05, 0) is 11.0 Å². The molecule has 0 saturated carbocycles. The summed E-state index contributed by atoms with van der Waals surface area (Å²) in [6.45, 7) is -0.0663. The van der Waals surface area contributed by atoms with Crippen molar-refractivity contribution in [1.29, 1.82) is 0 Å². The summed E-state index contributed by atoms with van der Waals surface area (Å²) >= 11 is 0. The lowest BCUT2D eigenvalue weighted by Gasteiger charge is -2.07. The first-order valence-electron chi connectivity index (χ1n) is 3.97. The van der Waals surface area contributed by atoms with Crippen molar-refractivity contribution in [2.75, 3.05) is 0 Å². The fourth-order valence-electron chi connectivity index (χ4n) is 1.07. The molecule has 1 aromatic rings. The molecule has 74 valence electrons. The van der Waals surface area contributed by atoms with E-state index in [9.17, 15) is 4.79 Å². The van der Waals surface area contributed by atoms with Gasteiger partial charge in [0, 0.05) is 0 Å². The minimum absolute atomic E-state index is 0.0663. The van der Waals surface area contributed by atoms with Crippen LogP contribution >= 0.6 is 0 Å². The topological polar surface area (TPSA) is 92.8 Å². The zero-order valence-electron chi connectivity index (χ0n) is 7.38. The van der Waals surface area contributed by atoms with E-state index in [-0.39, 0.29) is 6.61 Å². The van der Waals surface area contributed by atoms with Crippen LogP contribution in [0, 0.1) is 0 Å². The van der Waals surface area contributed by atoms with Crippen LogP contribution in [0.2, 0.25) is 0 Å². The van der Waals surface area contributed by atoms with E-state index in [4.69, 9.17) is 15.8 Å². The third kappa shape index (κ3) is 2.76. The maximum Gasteiger partial charge on any atom is 0.488 e. The first kappa shape index (κ1) is 10.6. The van der Waals surface area contributed by atoms with Crippen LogP contribution in [0.4, 0.5) is 4.79 Å². The van der Waals surface area contributed by atoms with E-state index in [1.165, 1.54) is 6.07 Å². The molecular formula is C8H10BNO4. The molecule has 1 amide bonds. The minimum atomic E-state index is -1.58. The van der Waals surface area contributed by atoms with E-state index in [1.807, 2.05) is 0 Å². The fourth-order valence-corrected chi connectivity index (χ4v) is 1.07. The number of hydrogen-bond donors (Lipinski definition) is 3. The second-order valence-electron chi connectivity index (χ2n) is 2.68. The number of nitrogens with two attached hydrogens (primary N) is 1. The molecule has 0 spiro atoms. The van der Waals surface area contributed by atoms with Crippen molar-refractivity contribution in [2.24, 2.45) is 5.73 Å². The number of carbonyl (C=O) groups excluding carboxylic acids is 1. The summed E-state index contributed by atoms with van der Waals surface area (Å²) in [4.78, 5) is 10.3. The Morgan fingerprint density at radius 3 is 2.64 bits per heavy atom. The van der Waals surface area contributed by atoms with Crippen molar-refractivity contribution in [3.8, 4) is 0 Å². The third-order valence-corrected chi connectivity index (χ3v) is 1.70. The van der Waals surface area contributed by atoms with Gasteiger partial charge in [0.05, 0.1) is 0 Å². The number of hydrogen-bond acceptors (Lipinski definition) is 4. The van der Waals surface area contributed by atoms with Crippen molar-refractivity contribution >= 4 is 18.7 Å². The highest BCUT2D eigenvalue weighted by Crippen LogP contribution is 1.99. The van der Waals surface area contributed by atoms with E-state index in [2.05, 4.69) is 4.74 Å². The Morgan fingerprint density at radius 2 is 2.07 bits per heavy atom. The maximum absolute atomic E-state index is 10.3. The minimum Gasteiger partial charge on any atom is -0.445 e. The number of carbonyl (C=O) groups is 1. The van der Waals surface area contributed by atoms with Crippen LogP contribution in [0.25, 0.3) is 0 Å². The Bertz CT molecular complexity index is 329. The smallest absolute Gasteiger partial charge is 0.445 e. The first-order chi connectivity index (χ1) is 6.61. The van der Waals surface area contributed by atoms with Gasteiger partial charge >= 0.3 is 13.2 Å². The molecule has 0 saturated heterocycles. The fraction of sp³-hybridized carbons (Fsp3) is 0.125. The highest BCUT2D eigenvalue weighted by Gasteiger charge is 2.15. The molecule has 0 atom stereocenters. The van der Waals surface area contributed by atoms with Gasteiger partial charge < -0.3 is 20.5 Å². The van der Waals surface area contributed by atoms with Gasteiger partial charge in [-0.25, -0.2) is 4.79 Å². The Morgan fingerprint density at radius 1 is 1.43 bits per heavy atom. The van der Waals surface area contributed by atoms with Gasteiger partial charge in [-0.1, -0.05) is 24.3 Å². The molecule has 1 rings (SSSR count). The molecule has 1 aromatic carbocycles. The third-order valence-electron chi connectivity index (χ3n) is 1.70. The van der Waals surface area contributed by atoms with Gasteiger partial charge in [-0.2, -0.15) is 0 Å². The molecule has 0 aliphatic heterocycles. The highest BCUT2D eigenvalue weighted by molar-refractivity contribution is 6.59. The van der Waals surface area contributed by atoms with Crippen molar-refractivity contribution in [1.82, 2.24) is 0 Å². The summed E-state index contributed by atoms with van der Waals surface area (Å²) in [6.07, 6.45) is -0.896.